The van der Waals surface area contributed by atoms with Gasteiger partial charge in [-0.25, -0.2) is 0 Å². The van der Waals surface area contributed by atoms with E-state index in [1.165, 1.54) is 5.69 Å². The summed E-state index contributed by atoms with van der Waals surface area (Å²) in [5.41, 5.74) is 1.77. The van der Waals surface area contributed by atoms with E-state index in [9.17, 15) is 4.79 Å². The summed E-state index contributed by atoms with van der Waals surface area (Å²) >= 11 is 6.05. The van der Waals surface area contributed by atoms with Crippen molar-refractivity contribution in [2.75, 3.05) is 24.5 Å². The molecule has 1 N–H and O–H groups in total. The monoisotopic (exact) mass is 329 g/mol. The Kier molecular flexibility index (Phi) is 5.13. The molecule has 0 spiro atoms. The Morgan fingerprint density at radius 2 is 1.87 bits per heavy atom. The number of amides is 1. The average molecular weight is 330 g/mol. The molecule has 1 aliphatic heterocycles. The van der Waals surface area contributed by atoms with Gasteiger partial charge in [0.1, 0.15) is 0 Å². The number of nitrogens with zero attached hydrogens (tertiary/aromatic N) is 2. The van der Waals surface area contributed by atoms with Gasteiger partial charge in [0.25, 0.3) is 5.91 Å². The maximum absolute atomic E-state index is 12.2. The zero-order chi connectivity index (χ0) is 16.1. The van der Waals surface area contributed by atoms with Gasteiger partial charge in [-0.3, -0.25) is 9.78 Å². The van der Waals surface area contributed by atoms with Gasteiger partial charge in [0.2, 0.25) is 0 Å². The van der Waals surface area contributed by atoms with Gasteiger partial charge < -0.3 is 10.2 Å². The maximum atomic E-state index is 12.2. The highest BCUT2D eigenvalue weighted by Crippen LogP contribution is 2.22. The number of carbonyl (C=O) groups is 1. The molecule has 0 aliphatic carbocycles. The molecule has 1 aromatic carbocycles. The molecular formula is C18H20ClN3O. The molecule has 3 rings (SSSR count). The Morgan fingerprint density at radius 3 is 2.57 bits per heavy atom. The lowest BCUT2D eigenvalue weighted by Crippen LogP contribution is -2.38. The molecule has 2 heterocycles. The second kappa shape index (κ2) is 7.47. The van der Waals surface area contributed by atoms with E-state index in [1.54, 1.807) is 12.1 Å². The van der Waals surface area contributed by atoms with Gasteiger partial charge in [0.15, 0.2) is 0 Å². The first-order valence-electron chi connectivity index (χ1n) is 7.92. The molecule has 2 aromatic rings. The van der Waals surface area contributed by atoms with Crippen LogP contribution in [-0.4, -0.2) is 30.5 Å². The van der Waals surface area contributed by atoms with Crippen LogP contribution in [0, 0.1) is 5.92 Å². The van der Waals surface area contributed by atoms with E-state index in [1.807, 2.05) is 36.7 Å². The van der Waals surface area contributed by atoms with Crippen LogP contribution in [0.2, 0.25) is 5.02 Å². The predicted octanol–water partition coefficient (Wildman–Crippen LogP) is 3.38. The number of carbonyl (C=O) groups excluding carboxylic acids is 1. The first-order valence-corrected chi connectivity index (χ1v) is 8.29. The molecule has 1 fully saturated rings. The van der Waals surface area contributed by atoms with Gasteiger partial charge in [0.05, 0.1) is 10.6 Å². The summed E-state index contributed by atoms with van der Waals surface area (Å²) < 4.78 is 0. The van der Waals surface area contributed by atoms with E-state index in [0.717, 1.165) is 25.9 Å². The van der Waals surface area contributed by atoms with Crippen LogP contribution in [0.4, 0.5) is 5.69 Å². The average Bonchev–Trinajstić information content (AvgIpc) is 2.61. The van der Waals surface area contributed by atoms with Crippen molar-refractivity contribution in [2.24, 2.45) is 5.92 Å². The largest absolute Gasteiger partial charge is 0.371 e. The van der Waals surface area contributed by atoms with Crippen LogP contribution in [0.3, 0.4) is 0 Å². The standard InChI is InChI=1S/C18H20ClN3O/c19-17-4-2-1-3-16(17)18(23)21-13-14-7-11-22(12-8-14)15-5-9-20-10-6-15/h1-6,9-10,14H,7-8,11-13H2,(H,21,23). The number of rotatable bonds is 4. The van der Waals surface area contributed by atoms with Crippen LogP contribution in [0.5, 0.6) is 0 Å². The first-order chi connectivity index (χ1) is 11.2. The van der Waals surface area contributed by atoms with Gasteiger partial charge in [0, 0.05) is 37.7 Å². The third kappa shape index (κ3) is 4.02. The van der Waals surface area contributed by atoms with E-state index in [-0.39, 0.29) is 5.91 Å². The minimum Gasteiger partial charge on any atom is -0.371 e. The number of hydrogen-bond acceptors (Lipinski definition) is 3. The van der Waals surface area contributed by atoms with Crippen molar-refractivity contribution in [3.63, 3.8) is 0 Å². The van der Waals surface area contributed by atoms with Crippen molar-refractivity contribution >= 4 is 23.2 Å². The van der Waals surface area contributed by atoms with Gasteiger partial charge in [-0.15, -0.1) is 0 Å². The van der Waals surface area contributed by atoms with E-state index < -0.39 is 0 Å². The lowest BCUT2D eigenvalue weighted by Gasteiger charge is -2.33. The highest BCUT2D eigenvalue weighted by Gasteiger charge is 2.20. The Balaban J connectivity index is 1.48. The summed E-state index contributed by atoms with van der Waals surface area (Å²) in [4.78, 5) is 18.6. The quantitative estimate of drug-likeness (QED) is 0.935. The maximum Gasteiger partial charge on any atom is 0.252 e. The van der Waals surface area contributed by atoms with Crippen LogP contribution >= 0.6 is 11.6 Å². The molecule has 1 aromatic heterocycles. The number of benzene rings is 1. The molecule has 0 bridgehead atoms. The molecule has 5 heteroatoms. The van der Waals surface area contributed by atoms with Crippen molar-refractivity contribution in [1.29, 1.82) is 0 Å². The van der Waals surface area contributed by atoms with Crippen molar-refractivity contribution in [1.82, 2.24) is 10.3 Å². The number of hydrogen-bond donors (Lipinski definition) is 1. The van der Waals surface area contributed by atoms with Crippen LogP contribution in [0.15, 0.2) is 48.8 Å². The van der Waals surface area contributed by atoms with Crippen LogP contribution in [-0.2, 0) is 0 Å². The van der Waals surface area contributed by atoms with Gasteiger partial charge >= 0.3 is 0 Å². The lowest BCUT2D eigenvalue weighted by atomic mass is 9.96. The summed E-state index contributed by atoms with van der Waals surface area (Å²) in [6.45, 7) is 2.72. The van der Waals surface area contributed by atoms with Crippen LogP contribution < -0.4 is 10.2 Å². The molecule has 0 saturated carbocycles. The molecule has 1 saturated heterocycles. The fourth-order valence-corrected chi connectivity index (χ4v) is 3.15. The Morgan fingerprint density at radius 1 is 1.17 bits per heavy atom. The lowest BCUT2D eigenvalue weighted by molar-refractivity contribution is 0.0945. The number of halogens is 1. The molecule has 23 heavy (non-hydrogen) atoms. The van der Waals surface area contributed by atoms with Gasteiger partial charge in [-0.2, -0.15) is 0 Å². The van der Waals surface area contributed by atoms with E-state index in [4.69, 9.17) is 11.6 Å². The molecule has 1 aliphatic rings. The molecule has 0 radical (unpaired) electrons. The van der Waals surface area contributed by atoms with E-state index in [2.05, 4.69) is 15.2 Å². The number of aromatic nitrogens is 1. The van der Waals surface area contributed by atoms with E-state index in [0.29, 0.717) is 23.0 Å². The summed E-state index contributed by atoms with van der Waals surface area (Å²) in [7, 11) is 0. The fraction of sp³-hybridized carbons (Fsp3) is 0.333. The molecular weight excluding hydrogens is 310 g/mol. The van der Waals surface area contributed by atoms with Gasteiger partial charge in [-0.05, 0) is 43.0 Å². The van der Waals surface area contributed by atoms with Crippen molar-refractivity contribution in [2.45, 2.75) is 12.8 Å². The van der Waals surface area contributed by atoms with Crippen molar-refractivity contribution in [3.8, 4) is 0 Å². The zero-order valence-corrected chi connectivity index (χ0v) is 13.7. The molecule has 1 amide bonds. The Labute approximate surface area is 141 Å². The number of pyridine rings is 1. The zero-order valence-electron chi connectivity index (χ0n) is 12.9. The van der Waals surface area contributed by atoms with Crippen LogP contribution in [0.25, 0.3) is 0 Å². The van der Waals surface area contributed by atoms with Gasteiger partial charge in [-0.1, -0.05) is 23.7 Å². The third-order valence-corrected chi connectivity index (χ3v) is 4.64. The number of anilines is 1. The summed E-state index contributed by atoms with van der Waals surface area (Å²) in [5, 5.41) is 3.51. The second-order valence-electron chi connectivity index (χ2n) is 5.83. The number of nitrogens with one attached hydrogen (secondary N) is 1. The van der Waals surface area contributed by atoms with Crippen molar-refractivity contribution in [3.05, 3.63) is 59.4 Å². The van der Waals surface area contributed by atoms with E-state index >= 15 is 0 Å². The minimum absolute atomic E-state index is 0.0906. The number of piperidine rings is 1. The third-order valence-electron chi connectivity index (χ3n) is 4.31. The summed E-state index contributed by atoms with van der Waals surface area (Å²) in [6, 6.07) is 11.2. The first kappa shape index (κ1) is 15.8. The summed E-state index contributed by atoms with van der Waals surface area (Å²) in [6.07, 6.45) is 5.80. The van der Waals surface area contributed by atoms with Crippen molar-refractivity contribution < 1.29 is 4.79 Å². The normalized spacial score (nSPS) is 15.4. The second-order valence-corrected chi connectivity index (χ2v) is 6.23. The molecule has 4 nitrogen and oxygen atoms in total. The predicted molar refractivity (Wildman–Crippen MR) is 93.0 cm³/mol. The fourth-order valence-electron chi connectivity index (χ4n) is 2.93. The summed E-state index contributed by atoms with van der Waals surface area (Å²) in [5.74, 6) is 0.423. The highest BCUT2D eigenvalue weighted by molar-refractivity contribution is 6.33. The smallest absolute Gasteiger partial charge is 0.252 e. The Hall–Kier alpha value is -2.07. The molecule has 120 valence electrons. The highest BCUT2D eigenvalue weighted by atomic mass is 35.5. The molecule has 0 atom stereocenters. The SMILES string of the molecule is O=C(NCC1CCN(c2ccncc2)CC1)c1ccccc1Cl. The Bertz CT molecular complexity index is 654. The molecule has 0 unspecified atom stereocenters. The minimum atomic E-state index is -0.0906. The topological polar surface area (TPSA) is 45.2 Å². The van der Waals surface area contributed by atoms with Crippen LogP contribution in [0.1, 0.15) is 23.2 Å².